The second-order valence-electron chi connectivity index (χ2n) is 7.31. The molecule has 0 aliphatic heterocycles. The Kier molecular flexibility index (Phi) is 5.75. The van der Waals surface area contributed by atoms with Crippen LogP contribution in [0, 0.1) is 0 Å². The van der Waals surface area contributed by atoms with Crippen LogP contribution in [0.5, 0.6) is 0 Å². The Balaban J connectivity index is 1.96. The lowest BCUT2D eigenvalue weighted by molar-refractivity contribution is -0.137. The van der Waals surface area contributed by atoms with Gasteiger partial charge in [-0.25, -0.2) is 9.97 Å². The third kappa shape index (κ3) is 4.11. The molecule has 9 heteroatoms. The highest BCUT2D eigenvalue weighted by molar-refractivity contribution is 5.93. The van der Waals surface area contributed by atoms with Gasteiger partial charge in [0.2, 0.25) is 0 Å². The number of alkyl halides is 3. The van der Waals surface area contributed by atoms with Crippen molar-refractivity contribution in [3.63, 3.8) is 0 Å². The molecule has 2 N–H and O–H groups in total. The van der Waals surface area contributed by atoms with Crippen LogP contribution >= 0.6 is 0 Å². The summed E-state index contributed by atoms with van der Waals surface area (Å²) in [6, 6.07) is 9.57. The van der Waals surface area contributed by atoms with Crippen LogP contribution < -0.4 is 5.56 Å². The first-order valence-electron chi connectivity index (χ1n) is 9.95. The predicted molar refractivity (Wildman–Crippen MR) is 114 cm³/mol. The van der Waals surface area contributed by atoms with Crippen molar-refractivity contribution in [1.82, 2.24) is 19.9 Å². The molecule has 1 aromatic carbocycles. The van der Waals surface area contributed by atoms with Crippen LogP contribution in [0.1, 0.15) is 30.7 Å². The van der Waals surface area contributed by atoms with E-state index in [4.69, 9.17) is 0 Å². The highest BCUT2D eigenvalue weighted by Crippen LogP contribution is 2.33. The minimum atomic E-state index is -4.45. The van der Waals surface area contributed by atoms with E-state index in [1.54, 1.807) is 24.5 Å². The summed E-state index contributed by atoms with van der Waals surface area (Å²) in [6.07, 6.45) is -0.708. The van der Waals surface area contributed by atoms with E-state index in [2.05, 4.69) is 19.9 Å². The Morgan fingerprint density at radius 1 is 1.09 bits per heavy atom. The molecule has 0 fully saturated rings. The first kappa shape index (κ1) is 21.6. The average Bonchev–Trinajstić information content (AvgIpc) is 2.79. The van der Waals surface area contributed by atoms with Crippen LogP contribution in [-0.4, -0.2) is 31.6 Å². The summed E-state index contributed by atoms with van der Waals surface area (Å²) in [5.41, 5.74) is 0.887. The minimum Gasteiger partial charge on any atom is -0.396 e. The zero-order valence-electron chi connectivity index (χ0n) is 17.0. The molecule has 32 heavy (non-hydrogen) atoms. The summed E-state index contributed by atoms with van der Waals surface area (Å²) in [4.78, 5) is 28.9. The first-order valence-corrected chi connectivity index (χ1v) is 9.95. The van der Waals surface area contributed by atoms with E-state index in [-0.39, 0.29) is 17.9 Å². The molecule has 4 aromatic rings. The van der Waals surface area contributed by atoms with E-state index >= 15 is 0 Å². The SMILES string of the molecule is CCC(CO)c1nc2c(-c3cccnc3)nc(-c3ccc(C(F)(F)F)cc3)cc2c(=O)[nH]1. The molecule has 0 saturated carbocycles. The zero-order valence-corrected chi connectivity index (χ0v) is 17.0. The molecule has 0 aliphatic rings. The lowest BCUT2D eigenvalue weighted by atomic mass is 10.0. The van der Waals surface area contributed by atoms with Crippen molar-refractivity contribution in [2.24, 2.45) is 0 Å². The Bertz CT molecular complexity index is 1300. The number of nitrogens with zero attached hydrogens (tertiary/aromatic N) is 3. The maximum atomic E-state index is 12.9. The topological polar surface area (TPSA) is 91.8 Å². The van der Waals surface area contributed by atoms with Crippen LogP contribution in [0.3, 0.4) is 0 Å². The van der Waals surface area contributed by atoms with Gasteiger partial charge >= 0.3 is 6.18 Å². The van der Waals surface area contributed by atoms with E-state index in [0.29, 0.717) is 40.3 Å². The van der Waals surface area contributed by atoms with Crippen molar-refractivity contribution in [2.45, 2.75) is 25.4 Å². The van der Waals surface area contributed by atoms with Crippen LogP contribution in [0.25, 0.3) is 33.4 Å². The van der Waals surface area contributed by atoms with Crippen LogP contribution in [0.4, 0.5) is 13.2 Å². The van der Waals surface area contributed by atoms with Crippen molar-refractivity contribution in [3.8, 4) is 22.5 Å². The predicted octanol–water partition coefficient (Wildman–Crippen LogP) is 4.55. The highest BCUT2D eigenvalue weighted by Gasteiger charge is 2.30. The van der Waals surface area contributed by atoms with Gasteiger partial charge in [-0.3, -0.25) is 9.78 Å². The number of pyridine rings is 2. The van der Waals surface area contributed by atoms with Gasteiger partial charge in [-0.15, -0.1) is 0 Å². The average molecular weight is 440 g/mol. The van der Waals surface area contributed by atoms with E-state index in [1.165, 1.54) is 18.2 Å². The van der Waals surface area contributed by atoms with Crippen LogP contribution in [0.15, 0.2) is 59.7 Å². The number of hydrogen-bond acceptors (Lipinski definition) is 5. The fraction of sp³-hybridized carbons (Fsp3) is 0.217. The number of aromatic amines is 1. The normalized spacial score (nSPS) is 12.8. The van der Waals surface area contributed by atoms with Gasteiger partial charge in [-0.1, -0.05) is 19.1 Å². The molecule has 0 radical (unpaired) electrons. The number of aliphatic hydroxyl groups excluding tert-OH is 1. The zero-order chi connectivity index (χ0) is 22.9. The summed E-state index contributed by atoms with van der Waals surface area (Å²) in [5, 5.41) is 9.87. The van der Waals surface area contributed by atoms with Crippen molar-refractivity contribution < 1.29 is 18.3 Å². The third-order valence-corrected chi connectivity index (χ3v) is 5.25. The number of hydrogen-bond donors (Lipinski definition) is 2. The Hall–Kier alpha value is -3.59. The summed E-state index contributed by atoms with van der Waals surface area (Å²) < 4.78 is 38.8. The summed E-state index contributed by atoms with van der Waals surface area (Å²) in [5.74, 6) is 0.00478. The smallest absolute Gasteiger partial charge is 0.396 e. The number of H-pyrrole nitrogens is 1. The van der Waals surface area contributed by atoms with Gasteiger partial charge < -0.3 is 10.1 Å². The monoisotopic (exact) mass is 440 g/mol. The molecule has 6 nitrogen and oxygen atoms in total. The number of aliphatic hydroxyl groups is 1. The van der Waals surface area contributed by atoms with Crippen LogP contribution in [-0.2, 0) is 6.18 Å². The van der Waals surface area contributed by atoms with Gasteiger partial charge in [0.1, 0.15) is 11.3 Å². The highest BCUT2D eigenvalue weighted by atomic mass is 19.4. The second kappa shape index (κ2) is 8.51. The molecular weight excluding hydrogens is 421 g/mol. The lowest BCUT2D eigenvalue weighted by Crippen LogP contribution is -2.17. The number of aromatic nitrogens is 4. The van der Waals surface area contributed by atoms with Gasteiger partial charge in [-0.05, 0) is 36.8 Å². The van der Waals surface area contributed by atoms with Crippen molar-refractivity contribution in [1.29, 1.82) is 0 Å². The van der Waals surface area contributed by atoms with Crippen molar-refractivity contribution >= 4 is 10.9 Å². The van der Waals surface area contributed by atoms with Crippen molar-refractivity contribution in [2.75, 3.05) is 6.61 Å². The number of halogens is 3. The fourth-order valence-corrected chi connectivity index (χ4v) is 3.44. The Morgan fingerprint density at radius 3 is 2.44 bits per heavy atom. The molecule has 4 rings (SSSR count). The molecule has 1 unspecified atom stereocenters. The number of fused-ring (bicyclic) bond motifs is 1. The maximum Gasteiger partial charge on any atom is 0.416 e. The van der Waals surface area contributed by atoms with Crippen molar-refractivity contribution in [3.05, 3.63) is 76.6 Å². The van der Waals surface area contributed by atoms with Gasteiger partial charge in [0, 0.05) is 29.4 Å². The second-order valence-corrected chi connectivity index (χ2v) is 7.31. The molecule has 1 atom stereocenters. The van der Waals surface area contributed by atoms with Gasteiger partial charge in [-0.2, -0.15) is 13.2 Å². The Labute approximate surface area is 180 Å². The molecule has 0 saturated heterocycles. The maximum absolute atomic E-state index is 12.9. The summed E-state index contributed by atoms with van der Waals surface area (Å²) in [7, 11) is 0. The molecule has 164 valence electrons. The number of benzene rings is 1. The van der Waals surface area contributed by atoms with E-state index < -0.39 is 17.3 Å². The quantitative estimate of drug-likeness (QED) is 0.475. The Morgan fingerprint density at radius 2 is 1.84 bits per heavy atom. The third-order valence-electron chi connectivity index (χ3n) is 5.25. The first-order chi connectivity index (χ1) is 15.3. The van der Waals surface area contributed by atoms with E-state index in [9.17, 15) is 23.1 Å². The van der Waals surface area contributed by atoms with Gasteiger partial charge in [0.15, 0.2) is 0 Å². The molecule has 3 aromatic heterocycles. The molecule has 0 spiro atoms. The molecule has 0 aliphatic carbocycles. The number of nitrogens with one attached hydrogen (secondary N) is 1. The lowest BCUT2D eigenvalue weighted by Gasteiger charge is -2.14. The summed E-state index contributed by atoms with van der Waals surface area (Å²) >= 11 is 0. The molecule has 0 amide bonds. The molecule has 3 heterocycles. The standard InChI is InChI=1S/C23H19F3N4O2/c1-2-13(12-31)21-29-20-17(22(32)30-21)10-18(28-19(20)15-4-3-9-27-11-15)14-5-7-16(8-6-14)23(24,25)26/h3-11,13,31H,2,12H2,1H3,(H,29,30,32). The van der Waals surface area contributed by atoms with Crippen LogP contribution in [0.2, 0.25) is 0 Å². The minimum absolute atomic E-state index is 0.176. The molecule has 0 bridgehead atoms. The van der Waals surface area contributed by atoms with E-state index in [1.807, 2.05) is 6.92 Å². The molecular formula is C23H19F3N4O2. The number of rotatable bonds is 5. The fourth-order valence-electron chi connectivity index (χ4n) is 3.44. The van der Waals surface area contributed by atoms with Gasteiger partial charge in [0.05, 0.1) is 28.9 Å². The largest absolute Gasteiger partial charge is 0.416 e. The van der Waals surface area contributed by atoms with Gasteiger partial charge in [0.25, 0.3) is 5.56 Å². The summed E-state index contributed by atoms with van der Waals surface area (Å²) in [6.45, 7) is 1.70. The van der Waals surface area contributed by atoms with E-state index in [0.717, 1.165) is 12.1 Å².